The standard InChI is InChI=1S/C6H14NO8P/c7-4(2-9)6(12,16(13,14)15)5(11)3(10)1-8/h2-5,8,10-12H,1,7H2,(H2,13,14,15)/t3-,4+,5-,6+/m1/s1. The third-order valence-corrected chi connectivity index (χ3v) is 3.59. The van der Waals surface area contributed by atoms with Gasteiger partial charge in [-0.25, -0.2) is 0 Å². The molecule has 0 aromatic carbocycles. The lowest BCUT2D eigenvalue weighted by Crippen LogP contribution is -2.60. The van der Waals surface area contributed by atoms with Gasteiger partial charge in [-0.3, -0.25) is 4.57 Å². The monoisotopic (exact) mass is 259 g/mol. The number of aliphatic hydroxyl groups is 4. The molecule has 0 aliphatic heterocycles. The maximum absolute atomic E-state index is 11.0. The number of aliphatic hydroxyl groups excluding tert-OH is 3. The van der Waals surface area contributed by atoms with Gasteiger partial charge in [-0.2, -0.15) is 0 Å². The molecule has 0 unspecified atom stereocenters. The Morgan fingerprint density at radius 3 is 2.06 bits per heavy atom. The van der Waals surface area contributed by atoms with Crippen LogP contribution in [0.2, 0.25) is 0 Å². The van der Waals surface area contributed by atoms with Gasteiger partial charge < -0.3 is 40.7 Å². The lowest BCUT2D eigenvalue weighted by Gasteiger charge is -2.37. The number of aldehydes is 1. The van der Waals surface area contributed by atoms with Crippen LogP contribution in [0.15, 0.2) is 0 Å². The van der Waals surface area contributed by atoms with E-state index >= 15 is 0 Å². The lowest BCUT2D eigenvalue weighted by atomic mass is 10.0. The summed E-state index contributed by atoms with van der Waals surface area (Å²) in [6, 6.07) is -2.12. The fourth-order valence-corrected chi connectivity index (χ4v) is 2.01. The highest BCUT2D eigenvalue weighted by Gasteiger charge is 2.57. The van der Waals surface area contributed by atoms with Crippen molar-refractivity contribution in [2.45, 2.75) is 23.6 Å². The van der Waals surface area contributed by atoms with Gasteiger partial charge in [0.2, 0.25) is 5.34 Å². The third kappa shape index (κ3) is 2.65. The maximum Gasteiger partial charge on any atom is 0.361 e. The van der Waals surface area contributed by atoms with Crippen LogP contribution in [-0.2, 0) is 9.36 Å². The molecule has 0 spiro atoms. The van der Waals surface area contributed by atoms with E-state index in [1.54, 1.807) is 0 Å². The fourth-order valence-electron chi connectivity index (χ4n) is 1.05. The molecular formula is C6H14NO8P. The number of carbonyl (C=O) groups is 1. The summed E-state index contributed by atoms with van der Waals surface area (Å²) in [5.74, 6) is 0. The Labute approximate surface area is 90.3 Å². The van der Waals surface area contributed by atoms with Crippen LogP contribution < -0.4 is 5.73 Å². The van der Waals surface area contributed by atoms with Crippen molar-refractivity contribution >= 4 is 13.9 Å². The molecule has 0 saturated carbocycles. The van der Waals surface area contributed by atoms with Crippen molar-refractivity contribution in [3.63, 3.8) is 0 Å². The minimum Gasteiger partial charge on any atom is -0.394 e. The summed E-state index contributed by atoms with van der Waals surface area (Å²) in [5, 5.41) is 33.0. The largest absolute Gasteiger partial charge is 0.394 e. The summed E-state index contributed by atoms with van der Waals surface area (Å²) in [4.78, 5) is 28.0. The van der Waals surface area contributed by atoms with E-state index in [9.17, 15) is 19.6 Å². The van der Waals surface area contributed by atoms with Gasteiger partial charge in [-0.1, -0.05) is 0 Å². The second-order valence-electron chi connectivity index (χ2n) is 3.18. The molecule has 96 valence electrons. The van der Waals surface area contributed by atoms with Crippen molar-refractivity contribution in [2.75, 3.05) is 6.61 Å². The van der Waals surface area contributed by atoms with Gasteiger partial charge in [0.25, 0.3) is 0 Å². The Hall–Kier alpha value is -0.380. The predicted molar refractivity (Wildman–Crippen MR) is 50.1 cm³/mol. The molecule has 0 saturated heterocycles. The quantitative estimate of drug-likeness (QED) is 0.185. The first kappa shape index (κ1) is 15.6. The summed E-state index contributed by atoms with van der Waals surface area (Å²) in [5.41, 5.74) is 4.97. The van der Waals surface area contributed by atoms with Crippen molar-refractivity contribution in [3.05, 3.63) is 0 Å². The Balaban J connectivity index is 5.41. The summed E-state index contributed by atoms with van der Waals surface area (Å²) in [6.45, 7) is -1.07. The van der Waals surface area contributed by atoms with Gasteiger partial charge in [-0.15, -0.1) is 0 Å². The van der Waals surface area contributed by atoms with Crippen LogP contribution in [0.3, 0.4) is 0 Å². The first-order valence-corrected chi connectivity index (χ1v) is 5.70. The Morgan fingerprint density at radius 2 is 1.81 bits per heavy atom. The lowest BCUT2D eigenvalue weighted by molar-refractivity contribution is -0.129. The molecule has 4 atom stereocenters. The van der Waals surface area contributed by atoms with Crippen LogP contribution in [0.1, 0.15) is 0 Å². The SMILES string of the molecule is N[C@@H](C=O)[C@@](O)([C@H](O)[C@H](O)CO)P(=O)(O)O. The number of hydrogen-bond acceptors (Lipinski definition) is 7. The van der Waals surface area contributed by atoms with Gasteiger partial charge in [-0.05, 0) is 0 Å². The molecule has 0 amide bonds. The zero-order valence-electron chi connectivity index (χ0n) is 8.04. The van der Waals surface area contributed by atoms with Crippen molar-refractivity contribution in [3.8, 4) is 0 Å². The Morgan fingerprint density at radius 1 is 1.38 bits per heavy atom. The number of hydrogen-bond donors (Lipinski definition) is 7. The van der Waals surface area contributed by atoms with Gasteiger partial charge in [0.1, 0.15) is 24.5 Å². The molecule has 0 bridgehead atoms. The van der Waals surface area contributed by atoms with Gasteiger partial charge in [0.05, 0.1) is 6.61 Å². The molecule has 0 heterocycles. The van der Waals surface area contributed by atoms with Crippen LogP contribution in [0.5, 0.6) is 0 Å². The molecule has 16 heavy (non-hydrogen) atoms. The molecule has 0 aromatic rings. The van der Waals surface area contributed by atoms with Crippen LogP contribution >= 0.6 is 7.60 Å². The third-order valence-electron chi connectivity index (χ3n) is 2.09. The van der Waals surface area contributed by atoms with Crippen LogP contribution in [-0.4, -0.2) is 66.7 Å². The summed E-state index contributed by atoms with van der Waals surface area (Å²) in [7, 11) is -5.41. The van der Waals surface area contributed by atoms with Crippen molar-refractivity contribution in [2.24, 2.45) is 5.73 Å². The van der Waals surface area contributed by atoms with Crippen molar-refractivity contribution < 1.29 is 39.6 Å². The molecule has 0 fully saturated rings. The van der Waals surface area contributed by atoms with E-state index in [0.29, 0.717) is 0 Å². The molecule has 10 heteroatoms. The average Bonchev–Trinajstić information content (AvgIpc) is 2.22. The van der Waals surface area contributed by atoms with Gasteiger partial charge in [0.15, 0.2) is 0 Å². The number of rotatable bonds is 6. The topological polar surface area (TPSA) is 182 Å². The van der Waals surface area contributed by atoms with Crippen molar-refractivity contribution in [1.82, 2.24) is 0 Å². The summed E-state index contributed by atoms with van der Waals surface area (Å²) in [6.07, 6.45) is -4.71. The van der Waals surface area contributed by atoms with Crippen LogP contribution in [0, 0.1) is 0 Å². The molecule has 0 aliphatic rings. The highest BCUT2D eigenvalue weighted by molar-refractivity contribution is 7.53. The van der Waals surface area contributed by atoms with E-state index in [2.05, 4.69) is 0 Å². The molecule has 0 radical (unpaired) electrons. The summed E-state index contributed by atoms with van der Waals surface area (Å²) < 4.78 is 11.0. The number of nitrogens with two attached hydrogens (primary N) is 1. The van der Waals surface area contributed by atoms with Gasteiger partial charge >= 0.3 is 7.60 Å². The smallest absolute Gasteiger partial charge is 0.361 e. The fraction of sp³-hybridized carbons (Fsp3) is 0.833. The molecule has 9 nitrogen and oxygen atoms in total. The van der Waals surface area contributed by atoms with Crippen molar-refractivity contribution in [1.29, 1.82) is 0 Å². The molecule has 0 aliphatic carbocycles. The Bertz CT molecular complexity index is 292. The van der Waals surface area contributed by atoms with Gasteiger partial charge in [0, 0.05) is 0 Å². The summed E-state index contributed by atoms with van der Waals surface area (Å²) >= 11 is 0. The van der Waals surface area contributed by atoms with E-state index in [1.807, 2.05) is 0 Å². The highest BCUT2D eigenvalue weighted by atomic mass is 31.2. The maximum atomic E-state index is 11.0. The van der Waals surface area contributed by atoms with E-state index < -0.39 is 37.8 Å². The molecule has 8 N–H and O–H groups in total. The molecule has 0 aromatic heterocycles. The highest BCUT2D eigenvalue weighted by Crippen LogP contribution is 2.52. The minimum atomic E-state index is -5.41. The first-order valence-electron chi connectivity index (χ1n) is 4.08. The predicted octanol–water partition coefficient (Wildman–Crippen LogP) is -3.91. The zero-order valence-corrected chi connectivity index (χ0v) is 8.94. The van der Waals surface area contributed by atoms with E-state index in [-0.39, 0.29) is 6.29 Å². The molecule has 0 rings (SSSR count). The second-order valence-corrected chi connectivity index (χ2v) is 4.99. The zero-order chi connectivity index (χ0) is 13.1. The second kappa shape index (κ2) is 5.30. The van der Waals surface area contributed by atoms with E-state index in [1.165, 1.54) is 0 Å². The first-order chi connectivity index (χ1) is 7.12. The molecular weight excluding hydrogens is 245 g/mol. The van der Waals surface area contributed by atoms with E-state index in [0.717, 1.165) is 0 Å². The number of carbonyl (C=O) groups excluding carboxylic acids is 1. The minimum absolute atomic E-state index is 0.188. The normalized spacial score (nSPS) is 21.9. The Kier molecular flexibility index (Phi) is 5.17. The van der Waals surface area contributed by atoms with Crippen LogP contribution in [0.25, 0.3) is 0 Å². The van der Waals surface area contributed by atoms with E-state index in [4.69, 9.17) is 25.7 Å². The average molecular weight is 259 g/mol. The van der Waals surface area contributed by atoms with Crippen LogP contribution in [0.4, 0.5) is 0 Å².